The maximum Gasteiger partial charge on any atom is 0.145 e. The second kappa shape index (κ2) is 4.25. The van der Waals surface area contributed by atoms with Gasteiger partial charge in [0.2, 0.25) is 0 Å². The van der Waals surface area contributed by atoms with E-state index < -0.39 is 0 Å². The summed E-state index contributed by atoms with van der Waals surface area (Å²) in [6.07, 6.45) is 3.87. The van der Waals surface area contributed by atoms with Gasteiger partial charge in [0.15, 0.2) is 0 Å². The molecule has 5 heteroatoms. The Morgan fingerprint density at radius 1 is 1.38 bits per heavy atom. The topological polar surface area (TPSA) is 75.9 Å². The van der Waals surface area contributed by atoms with Gasteiger partial charge in [-0.05, 0) is 31.6 Å². The van der Waals surface area contributed by atoms with E-state index in [1.54, 1.807) is 0 Å². The molecular formula is C11H19N5. The number of nitrogens with two attached hydrogens (primary N) is 1. The molecule has 1 saturated carbocycles. The molecule has 1 aromatic heterocycles. The highest BCUT2D eigenvalue weighted by atomic mass is 15.3. The van der Waals surface area contributed by atoms with Crippen molar-refractivity contribution in [2.24, 2.45) is 11.3 Å². The maximum absolute atomic E-state index is 5.34. The highest BCUT2D eigenvalue weighted by molar-refractivity contribution is 5.47. The van der Waals surface area contributed by atoms with Crippen LogP contribution in [0, 0.1) is 12.3 Å². The molecule has 0 aromatic carbocycles. The quantitative estimate of drug-likeness (QED) is 0.521. The molecule has 1 aliphatic rings. The normalized spacial score (nSPS) is 16.9. The lowest BCUT2D eigenvalue weighted by atomic mass is 10.0. The van der Waals surface area contributed by atoms with Crippen molar-refractivity contribution < 1.29 is 0 Å². The van der Waals surface area contributed by atoms with E-state index in [0.29, 0.717) is 11.2 Å². The van der Waals surface area contributed by atoms with Gasteiger partial charge in [-0.15, -0.1) is 0 Å². The number of aromatic nitrogens is 2. The molecule has 1 aromatic rings. The van der Waals surface area contributed by atoms with Crippen molar-refractivity contribution in [2.45, 2.75) is 33.1 Å². The fraction of sp³-hybridized carbons (Fsp3) is 0.636. The molecule has 4 N–H and O–H groups in total. The van der Waals surface area contributed by atoms with Crippen LogP contribution in [0.25, 0.3) is 0 Å². The number of nitrogens with zero attached hydrogens (tertiary/aromatic N) is 2. The Balaban J connectivity index is 2.01. The molecule has 16 heavy (non-hydrogen) atoms. The largest absolute Gasteiger partial charge is 0.369 e. The van der Waals surface area contributed by atoms with Gasteiger partial charge in [0.05, 0.1) is 0 Å². The van der Waals surface area contributed by atoms with Crippen LogP contribution in [-0.4, -0.2) is 16.5 Å². The number of hydrazine groups is 1. The number of anilines is 2. The first-order valence-electron chi connectivity index (χ1n) is 5.74. The number of hydrogen-bond donors (Lipinski definition) is 3. The van der Waals surface area contributed by atoms with Crippen molar-refractivity contribution in [1.29, 1.82) is 0 Å². The minimum absolute atomic E-state index is 0.509. The molecule has 2 rings (SSSR count). The summed E-state index contributed by atoms with van der Waals surface area (Å²) in [6, 6.07) is 1.83. The van der Waals surface area contributed by atoms with E-state index in [2.05, 4.69) is 27.6 Å². The number of nitrogen functional groups attached to an aromatic ring is 1. The van der Waals surface area contributed by atoms with Gasteiger partial charge in [0.25, 0.3) is 0 Å². The lowest BCUT2D eigenvalue weighted by molar-refractivity contribution is 0.520. The molecule has 5 nitrogen and oxygen atoms in total. The third kappa shape index (κ3) is 2.41. The Kier molecular flexibility index (Phi) is 2.96. The monoisotopic (exact) mass is 221 g/mol. The Morgan fingerprint density at radius 2 is 2.06 bits per heavy atom. The molecule has 1 heterocycles. The average molecular weight is 221 g/mol. The second-order valence-electron chi connectivity index (χ2n) is 4.54. The number of rotatable bonds is 5. The average Bonchev–Trinajstić information content (AvgIpc) is 3.06. The van der Waals surface area contributed by atoms with Crippen molar-refractivity contribution in [3.63, 3.8) is 0 Å². The van der Waals surface area contributed by atoms with Crippen molar-refractivity contribution in [2.75, 3.05) is 17.3 Å². The predicted octanol–water partition coefficient (Wildman–Crippen LogP) is 1.67. The predicted molar refractivity (Wildman–Crippen MR) is 65.0 cm³/mol. The Bertz CT molecular complexity index is 373. The minimum atomic E-state index is 0.509. The molecule has 0 atom stereocenters. The summed E-state index contributed by atoms with van der Waals surface area (Å²) in [5.74, 6) is 7.56. The minimum Gasteiger partial charge on any atom is -0.369 e. The first-order valence-corrected chi connectivity index (χ1v) is 5.74. The third-order valence-corrected chi connectivity index (χ3v) is 3.34. The van der Waals surface area contributed by atoms with Gasteiger partial charge in [-0.3, -0.25) is 0 Å². The van der Waals surface area contributed by atoms with Gasteiger partial charge in [0.1, 0.15) is 17.5 Å². The highest BCUT2D eigenvalue weighted by Crippen LogP contribution is 2.48. The van der Waals surface area contributed by atoms with Gasteiger partial charge in [-0.25, -0.2) is 15.8 Å². The van der Waals surface area contributed by atoms with E-state index in [0.717, 1.165) is 18.2 Å². The van der Waals surface area contributed by atoms with Gasteiger partial charge in [0, 0.05) is 12.6 Å². The first kappa shape index (κ1) is 11.1. The number of aryl methyl sites for hydroxylation is 1. The van der Waals surface area contributed by atoms with E-state index in [1.165, 1.54) is 19.3 Å². The van der Waals surface area contributed by atoms with Crippen molar-refractivity contribution >= 4 is 11.6 Å². The van der Waals surface area contributed by atoms with Gasteiger partial charge in [-0.2, -0.15) is 0 Å². The fourth-order valence-electron chi connectivity index (χ4n) is 1.84. The molecule has 1 aliphatic carbocycles. The standard InChI is InChI=1S/C11H19N5/c1-3-11(4-5-11)7-13-9-6-10(16-12)15-8(2)14-9/h6H,3-5,7,12H2,1-2H3,(H2,13,14,15,16). The molecule has 0 amide bonds. The molecule has 0 spiro atoms. The van der Waals surface area contributed by atoms with Crippen molar-refractivity contribution in [3.8, 4) is 0 Å². The molecule has 1 fully saturated rings. The van der Waals surface area contributed by atoms with Gasteiger partial charge >= 0.3 is 0 Å². The summed E-state index contributed by atoms with van der Waals surface area (Å²) in [6.45, 7) is 5.09. The summed E-state index contributed by atoms with van der Waals surface area (Å²) < 4.78 is 0. The zero-order chi connectivity index (χ0) is 11.6. The number of hydrogen-bond acceptors (Lipinski definition) is 5. The first-order chi connectivity index (χ1) is 7.67. The lowest BCUT2D eigenvalue weighted by Crippen LogP contribution is -2.16. The molecule has 0 aliphatic heterocycles. The SMILES string of the molecule is CCC1(CNc2cc(NN)nc(C)n2)CC1. The smallest absolute Gasteiger partial charge is 0.145 e. The molecule has 0 bridgehead atoms. The maximum atomic E-state index is 5.34. The van der Waals surface area contributed by atoms with Crippen LogP contribution in [0.2, 0.25) is 0 Å². The van der Waals surface area contributed by atoms with E-state index in [1.807, 2.05) is 13.0 Å². The van der Waals surface area contributed by atoms with Crippen LogP contribution in [0.5, 0.6) is 0 Å². The molecular weight excluding hydrogens is 202 g/mol. The van der Waals surface area contributed by atoms with E-state index in [4.69, 9.17) is 5.84 Å². The summed E-state index contributed by atoms with van der Waals surface area (Å²) in [5.41, 5.74) is 3.05. The van der Waals surface area contributed by atoms with Crippen molar-refractivity contribution in [3.05, 3.63) is 11.9 Å². The molecule has 0 radical (unpaired) electrons. The van der Waals surface area contributed by atoms with Crippen molar-refractivity contribution in [1.82, 2.24) is 9.97 Å². The Morgan fingerprint density at radius 3 is 2.62 bits per heavy atom. The van der Waals surface area contributed by atoms with Gasteiger partial charge < -0.3 is 10.7 Å². The fourth-order valence-corrected chi connectivity index (χ4v) is 1.84. The Labute approximate surface area is 95.8 Å². The zero-order valence-electron chi connectivity index (χ0n) is 9.88. The van der Waals surface area contributed by atoms with E-state index >= 15 is 0 Å². The summed E-state index contributed by atoms with van der Waals surface area (Å²) in [7, 11) is 0. The highest BCUT2D eigenvalue weighted by Gasteiger charge is 2.40. The Hall–Kier alpha value is -1.36. The van der Waals surface area contributed by atoms with Crippen LogP contribution < -0.4 is 16.6 Å². The summed E-state index contributed by atoms with van der Waals surface area (Å²) in [4.78, 5) is 8.47. The van der Waals surface area contributed by atoms with E-state index in [9.17, 15) is 0 Å². The molecule has 88 valence electrons. The molecule has 0 unspecified atom stereocenters. The van der Waals surface area contributed by atoms with Crippen LogP contribution >= 0.6 is 0 Å². The summed E-state index contributed by atoms with van der Waals surface area (Å²) in [5, 5.41) is 3.37. The van der Waals surface area contributed by atoms with Crippen LogP contribution in [-0.2, 0) is 0 Å². The van der Waals surface area contributed by atoms with Crippen LogP contribution in [0.4, 0.5) is 11.6 Å². The van der Waals surface area contributed by atoms with Gasteiger partial charge in [-0.1, -0.05) is 6.92 Å². The van der Waals surface area contributed by atoms with Crippen LogP contribution in [0.3, 0.4) is 0 Å². The number of nitrogens with one attached hydrogen (secondary N) is 2. The lowest BCUT2D eigenvalue weighted by Gasteiger charge is -2.14. The third-order valence-electron chi connectivity index (χ3n) is 3.34. The van der Waals surface area contributed by atoms with Crippen LogP contribution in [0.1, 0.15) is 32.0 Å². The zero-order valence-corrected chi connectivity index (χ0v) is 9.88. The summed E-state index contributed by atoms with van der Waals surface area (Å²) >= 11 is 0. The van der Waals surface area contributed by atoms with Crippen LogP contribution in [0.15, 0.2) is 6.07 Å². The molecule has 0 saturated heterocycles. The van der Waals surface area contributed by atoms with E-state index in [-0.39, 0.29) is 0 Å². The second-order valence-corrected chi connectivity index (χ2v) is 4.54.